The van der Waals surface area contributed by atoms with Crippen LogP contribution in [0.4, 0.5) is 0 Å². The summed E-state index contributed by atoms with van der Waals surface area (Å²) in [6.07, 6.45) is 2.63. The Morgan fingerprint density at radius 1 is 0.714 bits per heavy atom. The monoisotopic (exact) mass is 676 g/mol. The fourth-order valence-corrected chi connectivity index (χ4v) is 5.62. The Kier molecular flexibility index (Phi) is 16.1. The first-order chi connectivity index (χ1) is 23.5. The van der Waals surface area contributed by atoms with Crippen LogP contribution < -0.4 is 32.7 Å². The minimum atomic E-state index is -1.37. The zero-order valence-electron chi connectivity index (χ0n) is 28.4. The van der Waals surface area contributed by atoms with Crippen molar-refractivity contribution < 1.29 is 29.4 Å². The molecule has 3 amide bonds. The highest BCUT2D eigenvalue weighted by Crippen LogP contribution is 2.16. The molecule has 3 rings (SSSR count). The van der Waals surface area contributed by atoms with Crippen LogP contribution in [0.25, 0.3) is 10.8 Å². The first kappa shape index (κ1) is 39.1. The number of carbonyl (C=O) groups excluding carboxylic acids is 3. The molecule has 5 atom stereocenters. The number of unbranched alkanes of at least 4 members (excludes halogenated alkanes) is 1. The number of carbonyl (C=O) groups is 4. The van der Waals surface area contributed by atoms with Gasteiger partial charge >= 0.3 is 5.97 Å². The van der Waals surface area contributed by atoms with Crippen molar-refractivity contribution in [3.8, 4) is 0 Å². The van der Waals surface area contributed by atoms with Crippen LogP contribution in [-0.2, 0) is 32.0 Å². The normalized spacial score (nSPS) is 14.4. The van der Waals surface area contributed by atoms with Crippen molar-refractivity contribution in [3.05, 3.63) is 83.9 Å². The first-order valence-electron chi connectivity index (χ1n) is 17.0. The van der Waals surface area contributed by atoms with E-state index in [0.29, 0.717) is 38.8 Å². The highest BCUT2D eigenvalue weighted by atomic mass is 16.4. The van der Waals surface area contributed by atoms with Crippen LogP contribution in [0, 0.1) is 5.92 Å². The molecule has 266 valence electrons. The predicted octanol–water partition coefficient (Wildman–Crippen LogP) is 1.62. The molecule has 0 aromatic heterocycles. The standard InChI is InChI=1S/C37H52N6O6/c1-24(2)18-32(37(48)49)42-35(46)31(21-25-10-4-3-5-11-25)41-36(47)33(23-44)43-34(45)30(14-8-9-17-38)40-22-29(39)20-26-15-16-27-12-6-7-13-28(27)19-26/h3-7,10-13,15-16,19,24,29-33,40,44H,8-9,14,17-18,20-23,38-39H2,1-2H3,(H,41,47)(H,42,46)(H,43,45)(H,48,49)/t29-,30-,31-,32-,33-/m0/s1. The lowest BCUT2D eigenvalue weighted by Crippen LogP contribution is -2.59. The Morgan fingerprint density at radius 3 is 1.98 bits per heavy atom. The van der Waals surface area contributed by atoms with Crippen LogP contribution in [0.15, 0.2) is 72.8 Å². The summed E-state index contributed by atoms with van der Waals surface area (Å²) >= 11 is 0. The van der Waals surface area contributed by atoms with Gasteiger partial charge in [-0.15, -0.1) is 0 Å². The predicted molar refractivity (Wildman–Crippen MR) is 190 cm³/mol. The number of fused-ring (bicyclic) bond motifs is 1. The van der Waals surface area contributed by atoms with E-state index in [1.807, 2.05) is 50.2 Å². The summed E-state index contributed by atoms with van der Waals surface area (Å²) in [6.45, 7) is 3.75. The van der Waals surface area contributed by atoms with E-state index in [-0.39, 0.29) is 24.8 Å². The zero-order valence-corrected chi connectivity index (χ0v) is 28.4. The molecule has 0 aliphatic carbocycles. The van der Waals surface area contributed by atoms with E-state index in [4.69, 9.17) is 11.5 Å². The maximum absolute atomic E-state index is 13.5. The summed E-state index contributed by atoms with van der Waals surface area (Å²) in [4.78, 5) is 52.1. The van der Waals surface area contributed by atoms with Crippen molar-refractivity contribution in [2.75, 3.05) is 19.7 Å². The highest BCUT2D eigenvalue weighted by Gasteiger charge is 2.31. The molecular formula is C37H52N6O6. The number of rotatable bonds is 21. The number of carboxylic acids is 1. The molecule has 12 nitrogen and oxygen atoms in total. The Hall–Kier alpha value is -4.36. The molecule has 49 heavy (non-hydrogen) atoms. The molecule has 3 aromatic rings. The molecule has 0 aliphatic heterocycles. The van der Waals surface area contributed by atoms with Crippen LogP contribution in [0.2, 0.25) is 0 Å². The summed E-state index contributed by atoms with van der Waals surface area (Å²) in [5, 5.41) is 33.1. The molecule has 0 spiro atoms. The van der Waals surface area contributed by atoms with Gasteiger partial charge in [-0.3, -0.25) is 14.4 Å². The molecule has 0 bridgehead atoms. The minimum absolute atomic E-state index is 0.00261. The number of aliphatic hydroxyl groups excluding tert-OH is 1. The third-order valence-corrected chi connectivity index (χ3v) is 8.25. The Labute approximate surface area is 288 Å². The van der Waals surface area contributed by atoms with Crippen LogP contribution >= 0.6 is 0 Å². The summed E-state index contributed by atoms with van der Waals surface area (Å²) in [5.41, 5.74) is 13.9. The van der Waals surface area contributed by atoms with Crippen LogP contribution in [0.5, 0.6) is 0 Å². The summed E-state index contributed by atoms with van der Waals surface area (Å²) in [5.74, 6) is -3.16. The fraction of sp³-hybridized carbons (Fsp3) is 0.459. The number of carboxylic acid groups (broad SMARTS) is 1. The molecule has 0 saturated heterocycles. The van der Waals surface area contributed by atoms with Gasteiger partial charge in [0.1, 0.15) is 18.1 Å². The van der Waals surface area contributed by atoms with E-state index >= 15 is 0 Å². The van der Waals surface area contributed by atoms with Gasteiger partial charge in [0.2, 0.25) is 17.7 Å². The quantitative estimate of drug-likeness (QED) is 0.0770. The maximum atomic E-state index is 13.5. The van der Waals surface area contributed by atoms with Gasteiger partial charge in [-0.2, -0.15) is 0 Å². The van der Waals surface area contributed by atoms with E-state index in [1.54, 1.807) is 24.3 Å². The van der Waals surface area contributed by atoms with E-state index < -0.39 is 54.5 Å². The average Bonchev–Trinajstić information content (AvgIpc) is 3.08. The Bertz CT molecular complexity index is 1500. The van der Waals surface area contributed by atoms with Gasteiger partial charge in [0.15, 0.2) is 0 Å². The van der Waals surface area contributed by atoms with Gasteiger partial charge in [-0.1, -0.05) is 93.1 Å². The molecule has 3 aromatic carbocycles. The second-order valence-corrected chi connectivity index (χ2v) is 12.9. The number of nitrogens with one attached hydrogen (secondary N) is 4. The van der Waals surface area contributed by atoms with Crippen molar-refractivity contribution in [2.45, 2.75) is 82.6 Å². The summed E-state index contributed by atoms with van der Waals surface area (Å²) < 4.78 is 0. The molecule has 0 heterocycles. The largest absolute Gasteiger partial charge is 0.480 e. The van der Waals surface area contributed by atoms with Crippen molar-refractivity contribution >= 4 is 34.5 Å². The van der Waals surface area contributed by atoms with Crippen molar-refractivity contribution in [3.63, 3.8) is 0 Å². The number of hydrogen-bond donors (Lipinski definition) is 8. The van der Waals surface area contributed by atoms with Crippen LogP contribution in [0.1, 0.15) is 50.7 Å². The van der Waals surface area contributed by atoms with E-state index in [9.17, 15) is 29.4 Å². The van der Waals surface area contributed by atoms with Gasteiger partial charge < -0.3 is 42.9 Å². The number of hydrogen-bond acceptors (Lipinski definition) is 8. The smallest absolute Gasteiger partial charge is 0.326 e. The van der Waals surface area contributed by atoms with Gasteiger partial charge in [-0.25, -0.2) is 4.79 Å². The molecular weight excluding hydrogens is 624 g/mol. The highest BCUT2D eigenvalue weighted by molar-refractivity contribution is 5.94. The lowest BCUT2D eigenvalue weighted by molar-refractivity contribution is -0.142. The maximum Gasteiger partial charge on any atom is 0.326 e. The minimum Gasteiger partial charge on any atom is -0.480 e. The van der Waals surface area contributed by atoms with Crippen molar-refractivity contribution in [2.24, 2.45) is 17.4 Å². The SMILES string of the molecule is CC(C)C[C@H](NC(=O)[C@H](Cc1ccccc1)NC(=O)[C@H](CO)NC(=O)[C@H](CCCCN)NC[C@@H](N)Cc1ccc2ccccc2c1)C(=O)O. The topological polar surface area (TPSA) is 209 Å². The molecule has 0 fully saturated rings. The molecule has 0 aliphatic rings. The lowest BCUT2D eigenvalue weighted by Gasteiger charge is -2.26. The van der Waals surface area contributed by atoms with Gasteiger partial charge in [0.25, 0.3) is 0 Å². The Balaban J connectivity index is 1.67. The van der Waals surface area contributed by atoms with Crippen LogP contribution in [0.3, 0.4) is 0 Å². The lowest BCUT2D eigenvalue weighted by atomic mass is 10.0. The second kappa shape index (κ2) is 20.2. The zero-order chi connectivity index (χ0) is 35.8. The van der Waals surface area contributed by atoms with Gasteiger partial charge in [-0.05, 0) is 60.0 Å². The van der Waals surface area contributed by atoms with E-state index in [0.717, 1.165) is 21.9 Å². The average molecular weight is 677 g/mol. The molecule has 0 radical (unpaired) electrons. The van der Waals surface area contributed by atoms with Crippen LogP contribution in [-0.4, -0.2) is 83.8 Å². The first-order valence-corrected chi connectivity index (χ1v) is 17.0. The van der Waals surface area contributed by atoms with Gasteiger partial charge in [0.05, 0.1) is 12.6 Å². The second-order valence-electron chi connectivity index (χ2n) is 12.9. The Morgan fingerprint density at radius 2 is 1.33 bits per heavy atom. The number of aliphatic carboxylic acids is 1. The van der Waals surface area contributed by atoms with Crippen molar-refractivity contribution in [1.82, 2.24) is 21.3 Å². The number of aliphatic hydroxyl groups is 1. The van der Waals surface area contributed by atoms with E-state index in [2.05, 4.69) is 33.4 Å². The van der Waals surface area contributed by atoms with Crippen molar-refractivity contribution in [1.29, 1.82) is 0 Å². The van der Waals surface area contributed by atoms with Gasteiger partial charge in [0, 0.05) is 19.0 Å². The third kappa shape index (κ3) is 13.2. The molecule has 10 N–H and O–H groups in total. The number of amides is 3. The number of benzene rings is 3. The summed E-state index contributed by atoms with van der Waals surface area (Å²) in [7, 11) is 0. The molecule has 0 saturated carbocycles. The number of nitrogens with two attached hydrogens (primary N) is 2. The summed E-state index contributed by atoms with van der Waals surface area (Å²) in [6, 6.07) is 18.5. The fourth-order valence-electron chi connectivity index (χ4n) is 5.62. The molecule has 0 unspecified atom stereocenters. The van der Waals surface area contributed by atoms with E-state index in [1.165, 1.54) is 0 Å². The molecule has 12 heteroatoms. The third-order valence-electron chi connectivity index (χ3n) is 8.25.